The molecule has 0 radical (unpaired) electrons. The summed E-state index contributed by atoms with van der Waals surface area (Å²) in [5, 5.41) is 0. The van der Waals surface area contributed by atoms with Crippen molar-refractivity contribution < 1.29 is 26.3 Å². The highest BCUT2D eigenvalue weighted by atomic mass is 32.2. The molecule has 0 fully saturated rings. The highest BCUT2D eigenvalue weighted by Gasteiger charge is 2.24. The Morgan fingerprint density at radius 2 is 1.48 bits per heavy atom. The number of rotatable bonds is 8. The maximum absolute atomic E-state index is 12.6. The fourth-order valence-corrected chi connectivity index (χ4v) is 4.64. The summed E-state index contributed by atoms with van der Waals surface area (Å²) in [5.74, 6) is 0.0952. The van der Waals surface area contributed by atoms with E-state index in [9.17, 15) is 16.8 Å². The minimum absolute atomic E-state index is 0.00557. The van der Waals surface area contributed by atoms with Crippen molar-refractivity contribution in [2.45, 2.75) is 9.79 Å². The molecule has 1 aromatic carbocycles. The zero-order chi connectivity index (χ0) is 20.2. The lowest BCUT2D eigenvalue weighted by Crippen LogP contribution is -2.36. The van der Waals surface area contributed by atoms with E-state index in [2.05, 4.69) is 19.7 Å². The summed E-state index contributed by atoms with van der Waals surface area (Å²) in [6.07, 6.45) is 0.941. The van der Waals surface area contributed by atoms with Crippen LogP contribution in [0.3, 0.4) is 0 Å². The van der Waals surface area contributed by atoms with Crippen molar-refractivity contribution in [3.8, 4) is 12.0 Å². The molecule has 1 heterocycles. The molecule has 11 nitrogen and oxygen atoms in total. The van der Waals surface area contributed by atoms with E-state index in [1.165, 1.54) is 50.4 Å². The van der Waals surface area contributed by atoms with Crippen molar-refractivity contribution in [1.82, 2.24) is 19.7 Å². The van der Waals surface area contributed by atoms with Crippen molar-refractivity contribution in [2.75, 3.05) is 39.1 Å². The number of aromatic nitrogens is 3. The van der Waals surface area contributed by atoms with Crippen LogP contribution in [0.1, 0.15) is 0 Å². The normalized spacial score (nSPS) is 11.9. The Labute approximate surface area is 157 Å². The predicted octanol–water partition coefficient (Wildman–Crippen LogP) is -0.335. The molecule has 0 spiro atoms. The van der Waals surface area contributed by atoms with E-state index < -0.39 is 19.9 Å². The second-order valence-electron chi connectivity index (χ2n) is 5.33. The number of benzene rings is 1. The molecule has 0 aliphatic carbocycles. The van der Waals surface area contributed by atoms with E-state index >= 15 is 0 Å². The molecular formula is C14H19N5O6S2. The van der Waals surface area contributed by atoms with Crippen LogP contribution in [0.5, 0.6) is 12.0 Å². The van der Waals surface area contributed by atoms with Crippen molar-refractivity contribution in [2.24, 2.45) is 0 Å². The van der Waals surface area contributed by atoms with Gasteiger partial charge >= 0.3 is 12.0 Å². The summed E-state index contributed by atoms with van der Waals surface area (Å²) in [6, 6.07) is 5.32. The smallest absolute Gasteiger partial charge is 0.324 e. The van der Waals surface area contributed by atoms with Gasteiger partial charge in [-0.05, 0) is 12.1 Å². The van der Waals surface area contributed by atoms with Crippen LogP contribution in [0.4, 0.5) is 5.95 Å². The first-order chi connectivity index (χ1) is 12.6. The van der Waals surface area contributed by atoms with Crippen molar-refractivity contribution in [1.29, 1.82) is 0 Å². The van der Waals surface area contributed by atoms with Gasteiger partial charge in [-0.15, -0.1) is 4.98 Å². The van der Waals surface area contributed by atoms with Gasteiger partial charge in [0.25, 0.3) is 0 Å². The average molecular weight is 417 g/mol. The van der Waals surface area contributed by atoms with E-state index in [4.69, 9.17) is 9.47 Å². The van der Waals surface area contributed by atoms with E-state index in [0.29, 0.717) is 0 Å². The maximum Gasteiger partial charge on any atom is 0.324 e. The van der Waals surface area contributed by atoms with E-state index in [1.807, 2.05) is 0 Å². The largest absolute Gasteiger partial charge is 0.467 e. The molecule has 13 heteroatoms. The van der Waals surface area contributed by atoms with Crippen LogP contribution >= 0.6 is 0 Å². The molecule has 2 rings (SSSR count). The van der Waals surface area contributed by atoms with Gasteiger partial charge in [0.15, 0.2) is 9.84 Å². The molecule has 0 atom stereocenters. The van der Waals surface area contributed by atoms with Crippen molar-refractivity contribution in [3.63, 3.8) is 0 Å². The Balaban J connectivity index is 2.26. The third-order valence-electron chi connectivity index (χ3n) is 3.32. The van der Waals surface area contributed by atoms with Crippen LogP contribution in [-0.2, 0) is 19.9 Å². The van der Waals surface area contributed by atoms with Crippen LogP contribution in [-0.4, -0.2) is 66.0 Å². The van der Waals surface area contributed by atoms with Gasteiger partial charge in [0, 0.05) is 13.3 Å². The molecule has 1 N–H and O–H groups in total. The number of hydrogen-bond donors (Lipinski definition) is 1. The first-order valence-corrected chi connectivity index (χ1v) is 10.8. The van der Waals surface area contributed by atoms with Crippen LogP contribution in [0.2, 0.25) is 0 Å². The monoisotopic (exact) mass is 417 g/mol. The first kappa shape index (κ1) is 20.8. The molecule has 0 saturated heterocycles. The van der Waals surface area contributed by atoms with Crippen LogP contribution in [0, 0.1) is 0 Å². The van der Waals surface area contributed by atoms with Gasteiger partial charge < -0.3 is 14.4 Å². The average Bonchev–Trinajstić information content (AvgIpc) is 2.65. The molecule has 27 heavy (non-hydrogen) atoms. The Bertz CT molecular complexity index is 1000. The summed E-state index contributed by atoms with van der Waals surface area (Å²) in [6.45, 7) is -0.239. The Hall–Kier alpha value is -2.51. The molecule has 2 aromatic rings. The van der Waals surface area contributed by atoms with Crippen molar-refractivity contribution in [3.05, 3.63) is 24.3 Å². The van der Waals surface area contributed by atoms with Gasteiger partial charge in [0.2, 0.25) is 16.0 Å². The number of methoxy groups -OCH3 is 2. The zero-order valence-corrected chi connectivity index (χ0v) is 16.7. The molecule has 0 unspecified atom stereocenters. The van der Waals surface area contributed by atoms with E-state index in [1.54, 1.807) is 0 Å². The minimum atomic E-state index is -4.11. The van der Waals surface area contributed by atoms with Crippen molar-refractivity contribution >= 4 is 25.8 Å². The lowest BCUT2D eigenvalue weighted by atomic mass is 10.4. The van der Waals surface area contributed by atoms with Gasteiger partial charge in [-0.3, -0.25) is 0 Å². The number of hydrogen-bond acceptors (Lipinski definition) is 10. The Kier molecular flexibility index (Phi) is 6.18. The van der Waals surface area contributed by atoms with Crippen LogP contribution in [0.25, 0.3) is 0 Å². The van der Waals surface area contributed by atoms with Gasteiger partial charge in [-0.1, -0.05) is 12.1 Å². The van der Waals surface area contributed by atoms with Crippen LogP contribution in [0.15, 0.2) is 34.1 Å². The third-order valence-corrected chi connectivity index (χ3v) is 6.05. The lowest BCUT2D eigenvalue weighted by Gasteiger charge is -2.18. The molecule has 1 aromatic heterocycles. The first-order valence-electron chi connectivity index (χ1n) is 7.42. The Morgan fingerprint density at radius 3 is 1.96 bits per heavy atom. The molecule has 0 aliphatic heterocycles. The molecule has 0 saturated carbocycles. The minimum Gasteiger partial charge on any atom is -0.467 e. The third kappa shape index (κ3) is 5.02. The highest BCUT2D eigenvalue weighted by Crippen LogP contribution is 2.20. The summed E-state index contributed by atoms with van der Waals surface area (Å²) in [7, 11) is -3.58. The number of ether oxygens (including phenoxy) is 2. The standard InChI is InChI=1S/C14H19N5O6S2/c1-19(12-16-13(24-2)18-14(17-12)25-3)9-15-27(22,23)11-8-6-5-7-10(11)26(4,20)21/h5-8,15H,9H2,1-4H3. The van der Waals surface area contributed by atoms with Gasteiger partial charge in [0.1, 0.15) is 4.90 Å². The SMILES string of the molecule is COc1nc(OC)nc(N(C)CNS(=O)(=O)c2ccccc2S(C)(=O)=O)n1. The molecule has 0 bridgehead atoms. The van der Waals surface area contributed by atoms with Gasteiger partial charge in [0.05, 0.1) is 25.8 Å². The quantitative estimate of drug-likeness (QED) is 0.567. The zero-order valence-electron chi connectivity index (χ0n) is 15.1. The molecular weight excluding hydrogens is 398 g/mol. The second-order valence-corrected chi connectivity index (χ2v) is 9.05. The van der Waals surface area contributed by atoms with Crippen LogP contribution < -0.4 is 19.1 Å². The summed E-state index contributed by atoms with van der Waals surface area (Å²) >= 11 is 0. The molecule has 0 aliphatic rings. The molecule has 148 valence electrons. The number of nitrogens with zero attached hydrogens (tertiary/aromatic N) is 4. The maximum atomic E-state index is 12.6. The Morgan fingerprint density at radius 1 is 0.963 bits per heavy atom. The second kappa shape index (κ2) is 8.02. The predicted molar refractivity (Wildman–Crippen MR) is 96.1 cm³/mol. The van der Waals surface area contributed by atoms with Gasteiger partial charge in [-0.2, -0.15) is 14.7 Å². The fraction of sp³-hybridized carbons (Fsp3) is 0.357. The summed E-state index contributed by atoms with van der Waals surface area (Å²) in [5.41, 5.74) is 0. The number of sulfone groups is 1. The molecule has 0 amide bonds. The number of nitrogens with one attached hydrogen (secondary N) is 1. The number of sulfonamides is 1. The number of anilines is 1. The van der Waals surface area contributed by atoms with Gasteiger partial charge in [-0.25, -0.2) is 16.8 Å². The summed E-state index contributed by atoms with van der Waals surface area (Å²) in [4.78, 5) is 12.6. The van der Waals surface area contributed by atoms with E-state index in [0.717, 1.165) is 6.26 Å². The fourth-order valence-electron chi connectivity index (χ4n) is 1.99. The lowest BCUT2D eigenvalue weighted by molar-refractivity contribution is 0.340. The van der Waals surface area contributed by atoms with E-state index in [-0.39, 0.29) is 34.4 Å². The highest BCUT2D eigenvalue weighted by molar-refractivity contribution is 7.93. The summed E-state index contributed by atoms with van der Waals surface area (Å²) < 4.78 is 61.0. The topological polar surface area (TPSA) is 141 Å².